The Morgan fingerprint density at radius 1 is 1.11 bits per heavy atom. The van der Waals surface area contributed by atoms with Crippen LogP contribution in [0.2, 0.25) is 0 Å². The van der Waals surface area contributed by atoms with Crippen LogP contribution in [0.25, 0.3) is 0 Å². The van der Waals surface area contributed by atoms with Crippen LogP contribution in [0.1, 0.15) is 30.9 Å². The van der Waals surface area contributed by atoms with Crippen molar-refractivity contribution in [3.63, 3.8) is 0 Å². The second-order valence-corrected chi connectivity index (χ2v) is 9.02. The van der Waals surface area contributed by atoms with Gasteiger partial charge in [0.05, 0.1) is 37.6 Å². The molecule has 1 fully saturated rings. The average molecular weight is 412 g/mol. The van der Waals surface area contributed by atoms with E-state index in [0.717, 1.165) is 30.6 Å². The third-order valence-electron chi connectivity index (χ3n) is 5.29. The lowest BCUT2D eigenvalue weighted by Gasteiger charge is -2.20. The molecule has 8 nitrogen and oxygen atoms in total. The smallest absolute Gasteiger partial charge is 0.241 e. The first-order valence-corrected chi connectivity index (χ1v) is 11.2. The Hall–Kier alpha value is -1.97. The molecule has 2 amide bonds. The molecule has 0 spiro atoms. The summed E-state index contributed by atoms with van der Waals surface area (Å²) in [5.74, 6) is -0.822. The second kappa shape index (κ2) is 9.99. The molecule has 0 aliphatic carbocycles. The van der Waals surface area contributed by atoms with Crippen LogP contribution in [0.5, 0.6) is 0 Å². The highest BCUT2D eigenvalue weighted by Gasteiger charge is 2.27. The van der Waals surface area contributed by atoms with Gasteiger partial charge in [0.1, 0.15) is 6.04 Å². The molecule has 1 aliphatic rings. The zero-order valence-corrected chi connectivity index (χ0v) is 17.6. The number of amides is 2. The molecule has 1 heterocycles. The van der Waals surface area contributed by atoms with E-state index < -0.39 is 22.5 Å². The van der Waals surface area contributed by atoms with Gasteiger partial charge in [0.25, 0.3) is 0 Å². The largest absolute Gasteiger partial charge is 0.349 e. The maximum Gasteiger partial charge on any atom is 0.241 e. The van der Waals surface area contributed by atoms with Crippen molar-refractivity contribution in [1.29, 1.82) is 0 Å². The number of hydrogen-bond acceptors (Lipinski definition) is 4. The van der Waals surface area contributed by atoms with Crippen molar-refractivity contribution in [3.8, 4) is 0 Å². The summed E-state index contributed by atoms with van der Waals surface area (Å²) in [4.78, 5) is 25.4. The molecule has 2 atom stereocenters. The molecule has 28 heavy (non-hydrogen) atoms. The SMILES string of the molecule is CC[NH+]1CCC[C@H]1CNC(=O)CNC(=O)CNS(=O)(=O)c1ccc(C)c(C)c1. The number of nitrogens with one attached hydrogen (secondary N) is 4. The number of benzene rings is 1. The minimum Gasteiger partial charge on any atom is -0.349 e. The maximum absolute atomic E-state index is 12.3. The van der Waals surface area contributed by atoms with E-state index >= 15 is 0 Å². The number of carbonyl (C=O) groups is 2. The normalized spacial score (nSPS) is 19.4. The molecular weight excluding hydrogens is 380 g/mol. The number of carbonyl (C=O) groups excluding carboxylic acids is 2. The molecular formula is C19H31N4O4S+. The number of likely N-dealkylation sites (N-methyl/N-ethyl adjacent to an activating group) is 1. The summed E-state index contributed by atoms with van der Waals surface area (Å²) in [6.07, 6.45) is 2.26. The van der Waals surface area contributed by atoms with Gasteiger partial charge in [-0.3, -0.25) is 9.59 Å². The van der Waals surface area contributed by atoms with Gasteiger partial charge in [-0.1, -0.05) is 6.07 Å². The third-order valence-corrected chi connectivity index (χ3v) is 6.68. The number of quaternary nitrogens is 1. The summed E-state index contributed by atoms with van der Waals surface area (Å²) >= 11 is 0. The predicted octanol–water partition coefficient (Wildman–Crippen LogP) is -1.12. The Kier molecular flexibility index (Phi) is 7.97. The fraction of sp³-hybridized carbons (Fsp3) is 0.579. The van der Waals surface area contributed by atoms with Crippen molar-refractivity contribution in [2.45, 2.75) is 44.6 Å². The molecule has 1 aromatic rings. The standard InChI is InChI=1S/C19H30N4O4S/c1-4-23-9-5-6-16(23)11-20-18(24)12-21-19(25)13-22-28(26,27)17-8-7-14(2)15(3)10-17/h7-8,10,16,22H,4-6,9,11-13H2,1-3H3,(H,20,24)(H,21,25)/p+1/t16-/m0/s1. The molecule has 0 aromatic heterocycles. The van der Waals surface area contributed by atoms with Crippen LogP contribution in [0.15, 0.2) is 23.1 Å². The van der Waals surface area contributed by atoms with Crippen LogP contribution in [-0.4, -0.2) is 59.0 Å². The molecule has 0 bridgehead atoms. The summed E-state index contributed by atoms with van der Waals surface area (Å²) in [5.41, 5.74) is 1.85. The van der Waals surface area contributed by atoms with Crippen molar-refractivity contribution >= 4 is 21.8 Å². The van der Waals surface area contributed by atoms with Crippen molar-refractivity contribution in [2.75, 3.05) is 32.7 Å². The van der Waals surface area contributed by atoms with Gasteiger partial charge in [-0.05, 0) is 44.0 Å². The van der Waals surface area contributed by atoms with Gasteiger partial charge in [-0.25, -0.2) is 13.1 Å². The molecule has 0 radical (unpaired) electrons. The minimum atomic E-state index is -3.78. The van der Waals surface area contributed by atoms with E-state index in [-0.39, 0.29) is 17.3 Å². The molecule has 1 saturated heterocycles. The van der Waals surface area contributed by atoms with E-state index in [4.69, 9.17) is 0 Å². The lowest BCUT2D eigenvalue weighted by atomic mass is 10.1. The number of likely N-dealkylation sites (tertiary alicyclic amines) is 1. The molecule has 0 saturated carbocycles. The Balaban J connectivity index is 1.73. The number of sulfonamides is 1. The molecule has 156 valence electrons. The zero-order valence-electron chi connectivity index (χ0n) is 16.8. The van der Waals surface area contributed by atoms with E-state index in [0.29, 0.717) is 12.6 Å². The maximum atomic E-state index is 12.3. The number of aryl methyl sites for hydroxylation is 2. The summed E-state index contributed by atoms with van der Waals surface area (Å²) < 4.78 is 26.8. The van der Waals surface area contributed by atoms with Crippen molar-refractivity contribution in [3.05, 3.63) is 29.3 Å². The summed E-state index contributed by atoms with van der Waals surface area (Å²) in [6.45, 7) is 8.04. The highest BCUT2D eigenvalue weighted by Crippen LogP contribution is 2.14. The average Bonchev–Trinajstić information content (AvgIpc) is 3.12. The molecule has 2 rings (SSSR count). The molecule has 1 aromatic carbocycles. The number of hydrogen-bond donors (Lipinski definition) is 4. The lowest BCUT2D eigenvalue weighted by molar-refractivity contribution is -0.909. The van der Waals surface area contributed by atoms with Crippen LogP contribution in [0.3, 0.4) is 0 Å². The summed E-state index contributed by atoms with van der Waals surface area (Å²) in [7, 11) is -3.78. The van der Waals surface area contributed by atoms with Gasteiger partial charge in [0.2, 0.25) is 21.8 Å². The predicted molar refractivity (Wildman–Crippen MR) is 107 cm³/mol. The van der Waals surface area contributed by atoms with Gasteiger partial charge in [-0.2, -0.15) is 0 Å². The number of rotatable bonds is 9. The first-order valence-electron chi connectivity index (χ1n) is 9.68. The third kappa shape index (κ3) is 6.29. The Bertz CT molecular complexity index is 810. The van der Waals surface area contributed by atoms with Gasteiger partial charge in [0.15, 0.2) is 0 Å². The first kappa shape index (κ1) is 22.3. The summed E-state index contributed by atoms with van der Waals surface area (Å²) in [6, 6.07) is 5.21. The van der Waals surface area contributed by atoms with E-state index in [1.807, 2.05) is 13.8 Å². The minimum absolute atomic E-state index is 0.112. The first-order chi connectivity index (χ1) is 13.2. The van der Waals surface area contributed by atoms with Crippen LogP contribution >= 0.6 is 0 Å². The van der Waals surface area contributed by atoms with E-state index in [9.17, 15) is 18.0 Å². The zero-order chi connectivity index (χ0) is 20.7. The van der Waals surface area contributed by atoms with Crippen molar-refractivity contribution in [2.24, 2.45) is 0 Å². The Labute approximate surface area is 167 Å². The van der Waals surface area contributed by atoms with Gasteiger partial charge in [-0.15, -0.1) is 0 Å². The van der Waals surface area contributed by atoms with Gasteiger partial charge in [0, 0.05) is 12.8 Å². The molecule has 1 aliphatic heterocycles. The van der Waals surface area contributed by atoms with Crippen LogP contribution < -0.4 is 20.3 Å². The molecule has 9 heteroatoms. The molecule has 1 unspecified atom stereocenters. The van der Waals surface area contributed by atoms with Crippen LogP contribution in [0, 0.1) is 13.8 Å². The van der Waals surface area contributed by atoms with Gasteiger partial charge < -0.3 is 15.5 Å². The monoisotopic (exact) mass is 411 g/mol. The Morgan fingerprint density at radius 2 is 1.82 bits per heavy atom. The van der Waals surface area contributed by atoms with Crippen molar-refractivity contribution in [1.82, 2.24) is 15.4 Å². The van der Waals surface area contributed by atoms with E-state index in [1.165, 1.54) is 17.4 Å². The van der Waals surface area contributed by atoms with Gasteiger partial charge >= 0.3 is 0 Å². The van der Waals surface area contributed by atoms with E-state index in [2.05, 4.69) is 22.3 Å². The quantitative estimate of drug-likeness (QED) is 0.413. The fourth-order valence-corrected chi connectivity index (χ4v) is 4.43. The summed E-state index contributed by atoms with van der Waals surface area (Å²) in [5, 5.41) is 5.28. The Morgan fingerprint density at radius 3 is 2.50 bits per heavy atom. The van der Waals surface area contributed by atoms with Crippen molar-refractivity contribution < 1.29 is 22.9 Å². The van der Waals surface area contributed by atoms with E-state index in [1.54, 1.807) is 12.1 Å². The topological polar surface area (TPSA) is 109 Å². The highest BCUT2D eigenvalue weighted by molar-refractivity contribution is 7.89. The highest BCUT2D eigenvalue weighted by atomic mass is 32.2. The second-order valence-electron chi connectivity index (χ2n) is 7.25. The van der Waals surface area contributed by atoms with Crippen LogP contribution in [0.4, 0.5) is 0 Å². The molecule has 4 N–H and O–H groups in total. The van der Waals surface area contributed by atoms with Crippen LogP contribution in [-0.2, 0) is 19.6 Å². The fourth-order valence-electron chi connectivity index (χ4n) is 3.36. The lowest BCUT2D eigenvalue weighted by Crippen LogP contribution is -3.14.